The third kappa shape index (κ3) is 3.59. The molecule has 2 atom stereocenters. The number of carboxylic acids is 1. The van der Waals surface area contributed by atoms with Gasteiger partial charge in [0.25, 0.3) is 0 Å². The lowest BCUT2D eigenvalue weighted by Gasteiger charge is -2.32. The number of fused-ring (bicyclic) bond motifs is 3. The molecule has 0 saturated carbocycles. The van der Waals surface area contributed by atoms with E-state index in [1.165, 1.54) is 5.01 Å². The van der Waals surface area contributed by atoms with Crippen molar-refractivity contribution in [1.29, 1.82) is 0 Å². The number of amides is 1. The lowest BCUT2D eigenvalue weighted by atomic mass is 9.87. The van der Waals surface area contributed by atoms with E-state index in [-0.39, 0.29) is 11.8 Å². The largest absolute Gasteiger partial charge is 0.480 e. The number of carbonyl (C=O) groups is 2. The van der Waals surface area contributed by atoms with Crippen molar-refractivity contribution in [3.05, 3.63) is 54.1 Å². The molecule has 1 amide bonds. The summed E-state index contributed by atoms with van der Waals surface area (Å²) in [7, 11) is 0. The van der Waals surface area contributed by atoms with Gasteiger partial charge < -0.3 is 5.11 Å². The van der Waals surface area contributed by atoms with Gasteiger partial charge in [0.1, 0.15) is 6.04 Å². The third-order valence-electron chi connectivity index (χ3n) is 4.89. The van der Waals surface area contributed by atoms with Crippen LogP contribution in [0.15, 0.2) is 48.5 Å². The number of hydrogen-bond acceptors (Lipinski definition) is 4. The van der Waals surface area contributed by atoms with Gasteiger partial charge in [-0.05, 0) is 29.5 Å². The van der Waals surface area contributed by atoms with Crippen LogP contribution in [0.5, 0.6) is 0 Å². The SMILES string of the molecule is C[C@H]1C(=O)N(NN[C@H](C(=O)O)C(C)(C)C)c2ccccc2-c2ccccc21. The Bertz CT molecular complexity index is 873. The predicted octanol–water partition coefficient (Wildman–Crippen LogP) is 3.31. The summed E-state index contributed by atoms with van der Waals surface area (Å²) in [4.78, 5) is 24.8. The molecule has 0 fully saturated rings. The standard InChI is InChI=1S/C21H25N3O3/c1-13-14-9-5-6-10-15(14)16-11-7-8-12-17(16)24(19(13)25)23-22-18(20(26)27)21(2,3)4/h5-13,18,22-23H,1-4H3,(H,26,27)/t13-,18-/m1/s1. The van der Waals surface area contributed by atoms with Crippen LogP contribution >= 0.6 is 0 Å². The van der Waals surface area contributed by atoms with Gasteiger partial charge in [-0.2, -0.15) is 5.53 Å². The van der Waals surface area contributed by atoms with Crippen LogP contribution in [-0.4, -0.2) is 23.0 Å². The van der Waals surface area contributed by atoms with E-state index in [9.17, 15) is 14.7 Å². The van der Waals surface area contributed by atoms with Crippen LogP contribution in [0, 0.1) is 5.41 Å². The maximum atomic E-state index is 13.2. The van der Waals surface area contributed by atoms with Crippen LogP contribution in [0.3, 0.4) is 0 Å². The lowest BCUT2D eigenvalue weighted by Crippen LogP contribution is -2.59. The average Bonchev–Trinajstić information content (AvgIpc) is 2.70. The van der Waals surface area contributed by atoms with Gasteiger partial charge in [0, 0.05) is 5.56 Å². The van der Waals surface area contributed by atoms with Gasteiger partial charge in [0.2, 0.25) is 5.91 Å². The quantitative estimate of drug-likeness (QED) is 0.722. The molecule has 3 rings (SSSR count). The molecule has 2 aromatic carbocycles. The Morgan fingerprint density at radius 3 is 2.30 bits per heavy atom. The molecular formula is C21H25N3O3. The zero-order valence-electron chi connectivity index (χ0n) is 16.0. The van der Waals surface area contributed by atoms with Gasteiger partial charge in [-0.15, -0.1) is 0 Å². The third-order valence-corrected chi connectivity index (χ3v) is 4.89. The molecule has 2 aromatic rings. The van der Waals surface area contributed by atoms with Crippen LogP contribution in [-0.2, 0) is 9.59 Å². The second-order valence-corrected chi connectivity index (χ2v) is 7.89. The van der Waals surface area contributed by atoms with E-state index in [4.69, 9.17) is 0 Å². The van der Waals surface area contributed by atoms with E-state index >= 15 is 0 Å². The van der Waals surface area contributed by atoms with Crippen molar-refractivity contribution in [2.45, 2.75) is 39.7 Å². The highest BCUT2D eigenvalue weighted by Crippen LogP contribution is 2.39. The molecule has 142 valence electrons. The summed E-state index contributed by atoms with van der Waals surface area (Å²) in [6, 6.07) is 14.6. The number of hydrogen-bond donors (Lipinski definition) is 3. The lowest BCUT2D eigenvalue weighted by molar-refractivity contribution is -0.143. The van der Waals surface area contributed by atoms with E-state index in [1.807, 2.05) is 76.2 Å². The first-order valence-electron chi connectivity index (χ1n) is 8.98. The van der Waals surface area contributed by atoms with Gasteiger partial charge in [0.05, 0.1) is 11.6 Å². The van der Waals surface area contributed by atoms with Gasteiger partial charge in [-0.25, -0.2) is 10.4 Å². The predicted molar refractivity (Wildman–Crippen MR) is 105 cm³/mol. The highest BCUT2D eigenvalue weighted by atomic mass is 16.4. The van der Waals surface area contributed by atoms with Crippen molar-refractivity contribution in [1.82, 2.24) is 11.0 Å². The Morgan fingerprint density at radius 1 is 1.07 bits per heavy atom. The minimum absolute atomic E-state index is 0.155. The van der Waals surface area contributed by atoms with Crippen LogP contribution < -0.4 is 16.0 Å². The molecule has 0 radical (unpaired) electrons. The first-order valence-corrected chi connectivity index (χ1v) is 8.98. The van der Waals surface area contributed by atoms with Crippen molar-refractivity contribution in [3.63, 3.8) is 0 Å². The van der Waals surface area contributed by atoms with E-state index in [2.05, 4.69) is 11.0 Å². The van der Waals surface area contributed by atoms with Gasteiger partial charge in [-0.1, -0.05) is 63.2 Å². The highest BCUT2D eigenvalue weighted by Gasteiger charge is 2.35. The Morgan fingerprint density at radius 2 is 1.67 bits per heavy atom. The maximum absolute atomic E-state index is 13.2. The maximum Gasteiger partial charge on any atom is 0.322 e. The zero-order chi connectivity index (χ0) is 19.8. The van der Waals surface area contributed by atoms with Crippen LogP contribution in [0.2, 0.25) is 0 Å². The molecule has 1 aliphatic heterocycles. The number of carboxylic acid groups (broad SMARTS) is 1. The molecule has 1 heterocycles. The number of benzene rings is 2. The highest BCUT2D eigenvalue weighted by molar-refractivity contribution is 6.04. The number of nitrogens with one attached hydrogen (secondary N) is 2. The molecule has 0 aromatic heterocycles. The summed E-state index contributed by atoms with van der Waals surface area (Å²) >= 11 is 0. The number of rotatable bonds is 4. The molecule has 6 nitrogen and oxygen atoms in total. The zero-order valence-corrected chi connectivity index (χ0v) is 16.0. The average molecular weight is 367 g/mol. The Labute approximate surface area is 159 Å². The minimum atomic E-state index is -0.984. The monoisotopic (exact) mass is 367 g/mol. The summed E-state index contributed by atoms with van der Waals surface area (Å²) < 4.78 is 0. The molecule has 0 spiro atoms. The fourth-order valence-electron chi connectivity index (χ4n) is 3.35. The molecular weight excluding hydrogens is 342 g/mol. The Balaban J connectivity index is 2.02. The molecule has 1 aliphatic rings. The Kier molecular flexibility index (Phi) is 5.04. The molecule has 3 N–H and O–H groups in total. The second kappa shape index (κ2) is 7.13. The summed E-state index contributed by atoms with van der Waals surface area (Å²) in [5, 5.41) is 11.0. The van der Waals surface area contributed by atoms with Crippen molar-refractivity contribution < 1.29 is 14.7 Å². The van der Waals surface area contributed by atoms with Crippen molar-refractivity contribution in [2.24, 2.45) is 5.41 Å². The number of para-hydroxylation sites is 1. The first kappa shape index (κ1) is 19.1. The normalized spacial score (nSPS) is 17.7. The molecule has 0 aliphatic carbocycles. The van der Waals surface area contributed by atoms with E-state index in [0.29, 0.717) is 5.69 Å². The van der Waals surface area contributed by atoms with Crippen molar-refractivity contribution >= 4 is 17.6 Å². The van der Waals surface area contributed by atoms with Crippen LogP contribution in [0.25, 0.3) is 11.1 Å². The number of anilines is 1. The molecule has 27 heavy (non-hydrogen) atoms. The number of nitrogens with zero attached hydrogens (tertiary/aromatic N) is 1. The van der Waals surface area contributed by atoms with E-state index in [1.54, 1.807) is 0 Å². The van der Waals surface area contributed by atoms with Crippen molar-refractivity contribution in [2.75, 3.05) is 5.01 Å². The van der Waals surface area contributed by atoms with E-state index < -0.39 is 17.4 Å². The fraction of sp³-hybridized carbons (Fsp3) is 0.333. The molecule has 0 unspecified atom stereocenters. The van der Waals surface area contributed by atoms with Crippen molar-refractivity contribution in [3.8, 4) is 11.1 Å². The fourth-order valence-corrected chi connectivity index (χ4v) is 3.35. The van der Waals surface area contributed by atoms with Crippen LogP contribution in [0.1, 0.15) is 39.2 Å². The summed E-state index contributed by atoms with van der Waals surface area (Å²) in [6.07, 6.45) is 0. The first-order chi connectivity index (χ1) is 12.7. The summed E-state index contributed by atoms with van der Waals surface area (Å²) in [5.41, 5.74) is 8.72. The molecule has 0 saturated heterocycles. The summed E-state index contributed by atoms with van der Waals surface area (Å²) in [6.45, 7) is 7.35. The minimum Gasteiger partial charge on any atom is -0.480 e. The van der Waals surface area contributed by atoms with Gasteiger partial charge >= 0.3 is 5.97 Å². The summed E-state index contributed by atoms with van der Waals surface area (Å²) in [5.74, 6) is -1.51. The van der Waals surface area contributed by atoms with Gasteiger partial charge in [-0.3, -0.25) is 9.59 Å². The molecule has 0 bridgehead atoms. The Hall–Kier alpha value is -2.70. The van der Waals surface area contributed by atoms with E-state index in [0.717, 1.165) is 16.7 Å². The topological polar surface area (TPSA) is 81.7 Å². The van der Waals surface area contributed by atoms with Crippen LogP contribution in [0.4, 0.5) is 5.69 Å². The smallest absolute Gasteiger partial charge is 0.322 e. The van der Waals surface area contributed by atoms with Gasteiger partial charge in [0.15, 0.2) is 0 Å². The number of carbonyl (C=O) groups excluding carboxylic acids is 1. The number of hydrazine groups is 2. The molecule has 6 heteroatoms. The number of aliphatic carboxylic acids is 1. The second-order valence-electron chi connectivity index (χ2n) is 7.89.